The van der Waals surface area contributed by atoms with Gasteiger partial charge >= 0.3 is 0 Å². The zero-order chi connectivity index (χ0) is 34.1. The monoisotopic (exact) mass is 684 g/mol. The van der Waals surface area contributed by atoms with Gasteiger partial charge in [0.1, 0.15) is 5.75 Å². The number of hydrogen-bond donors (Lipinski definition) is 1. The van der Waals surface area contributed by atoms with Gasteiger partial charge in [0.15, 0.2) is 0 Å². The molecule has 3 aliphatic carbocycles. The molecule has 9 rings (SSSR count). The molecule has 0 spiro atoms. The summed E-state index contributed by atoms with van der Waals surface area (Å²) in [5.74, 6) is 0.901. The zero-order valence-corrected chi connectivity index (χ0v) is 30.0. The second kappa shape index (κ2) is 10.6. The van der Waals surface area contributed by atoms with Crippen molar-refractivity contribution in [2.75, 3.05) is 40.3 Å². The van der Waals surface area contributed by atoms with Gasteiger partial charge in [-0.15, -0.1) is 0 Å². The standard InChI is InChI=1S/C39H48N4O5S/c1-24(2)49(46,47)40-35(44)26-10-12-29-32(16-26)43-23-39(36(45)42-21-37-14-15-38(37,22-42)20-41(3)19-37)18-31(39)30-17-27(48-4)11-13-28(30)34(43)33(29)25-8-6-5-7-9-25/h10-13,16-17,24-25,31H,5-9,14-15,18-23H2,1-4H3,(H,40,44)/t31-,37+,38?,39-/m0/s1. The van der Waals surface area contributed by atoms with Crippen LogP contribution in [0.25, 0.3) is 22.2 Å². The number of benzene rings is 2. The van der Waals surface area contributed by atoms with Crippen LogP contribution in [0.1, 0.15) is 98.5 Å². The Morgan fingerprint density at radius 2 is 1.65 bits per heavy atom. The van der Waals surface area contributed by atoms with E-state index >= 15 is 4.79 Å². The minimum atomic E-state index is -3.80. The summed E-state index contributed by atoms with van der Waals surface area (Å²) in [5, 5.41) is 0.372. The van der Waals surface area contributed by atoms with Crippen molar-refractivity contribution in [2.45, 2.75) is 88.8 Å². The molecule has 260 valence electrons. The number of methoxy groups -OCH3 is 1. The number of ether oxygens (including phenoxy) is 1. The van der Waals surface area contributed by atoms with E-state index < -0.39 is 26.6 Å². The number of hydrogen-bond acceptors (Lipinski definition) is 6. The van der Waals surface area contributed by atoms with E-state index in [0.717, 1.165) is 73.4 Å². The highest BCUT2D eigenvalue weighted by Gasteiger charge is 2.71. The molecule has 2 saturated heterocycles. The van der Waals surface area contributed by atoms with Gasteiger partial charge in [-0.1, -0.05) is 25.3 Å². The quantitative estimate of drug-likeness (QED) is 0.349. The number of sulfonamides is 1. The maximum Gasteiger partial charge on any atom is 0.264 e. The van der Waals surface area contributed by atoms with Crippen molar-refractivity contribution in [3.63, 3.8) is 0 Å². The topological polar surface area (TPSA) is 101 Å². The van der Waals surface area contributed by atoms with E-state index in [9.17, 15) is 13.2 Å². The summed E-state index contributed by atoms with van der Waals surface area (Å²) in [5.41, 5.74) is 5.88. The first kappa shape index (κ1) is 31.6. The van der Waals surface area contributed by atoms with Gasteiger partial charge in [0.25, 0.3) is 5.91 Å². The zero-order valence-electron chi connectivity index (χ0n) is 29.2. The van der Waals surface area contributed by atoms with Gasteiger partial charge in [0.05, 0.1) is 23.5 Å². The van der Waals surface area contributed by atoms with Crippen LogP contribution >= 0.6 is 0 Å². The van der Waals surface area contributed by atoms with Gasteiger partial charge in [0.2, 0.25) is 15.9 Å². The van der Waals surface area contributed by atoms with Gasteiger partial charge in [-0.3, -0.25) is 9.59 Å². The summed E-state index contributed by atoms with van der Waals surface area (Å²) < 4.78 is 35.8. The van der Waals surface area contributed by atoms with Crippen molar-refractivity contribution in [3.05, 3.63) is 53.1 Å². The molecule has 4 heterocycles. The van der Waals surface area contributed by atoms with Crippen LogP contribution in [0.2, 0.25) is 0 Å². The second-order valence-corrected chi connectivity index (χ2v) is 18.9. The summed E-state index contributed by atoms with van der Waals surface area (Å²) in [6.45, 7) is 7.50. The first-order valence-electron chi connectivity index (χ1n) is 18.3. The lowest BCUT2D eigenvalue weighted by molar-refractivity contribution is -0.137. The van der Waals surface area contributed by atoms with E-state index in [1.165, 1.54) is 43.2 Å². The van der Waals surface area contributed by atoms with Gasteiger partial charge < -0.3 is 19.1 Å². The maximum atomic E-state index is 15.1. The van der Waals surface area contributed by atoms with Crippen LogP contribution in [0, 0.1) is 16.2 Å². The molecule has 49 heavy (non-hydrogen) atoms. The lowest BCUT2D eigenvalue weighted by Crippen LogP contribution is -2.49. The van der Waals surface area contributed by atoms with Crippen molar-refractivity contribution in [1.82, 2.24) is 19.1 Å². The van der Waals surface area contributed by atoms with E-state index in [1.807, 2.05) is 18.2 Å². The Morgan fingerprint density at radius 1 is 0.939 bits per heavy atom. The second-order valence-electron chi connectivity index (χ2n) is 16.7. The molecule has 6 aliphatic rings. The van der Waals surface area contributed by atoms with E-state index in [-0.39, 0.29) is 22.7 Å². The van der Waals surface area contributed by atoms with Gasteiger partial charge in [-0.2, -0.15) is 0 Å². The summed E-state index contributed by atoms with van der Waals surface area (Å²) >= 11 is 0. The van der Waals surface area contributed by atoms with Gasteiger partial charge in [-0.05, 0) is 100 Å². The fourth-order valence-corrected chi connectivity index (χ4v) is 11.6. The number of carbonyl (C=O) groups is 2. The van der Waals surface area contributed by atoms with Crippen molar-refractivity contribution in [1.29, 1.82) is 0 Å². The average molecular weight is 685 g/mol. The molecular formula is C39H48N4O5S. The van der Waals surface area contributed by atoms with Crippen molar-refractivity contribution in [2.24, 2.45) is 16.2 Å². The summed E-state index contributed by atoms with van der Waals surface area (Å²) in [4.78, 5) is 33.2. The fraction of sp³-hybridized carbons (Fsp3) is 0.590. The smallest absolute Gasteiger partial charge is 0.264 e. The molecule has 5 fully saturated rings. The number of rotatable bonds is 6. The lowest BCUT2D eigenvalue weighted by Gasteiger charge is -2.48. The summed E-state index contributed by atoms with van der Waals surface area (Å²) in [6.07, 6.45) is 8.99. The molecular weight excluding hydrogens is 637 g/mol. The van der Waals surface area contributed by atoms with E-state index in [4.69, 9.17) is 4.74 Å². The summed E-state index contributed by atoms with van der Waals surface area (Å²) in [6, 6.07) is 12.0. The van der Waals surface area contributed by atoms with Gasteiger partial charge in [-0.25, -0.2) is 13.1 Å². The molecule has 3 aliphatic heterocycles. The molecule has 3 aromatic rings. The number of nitrogens with one attached hydrogen (secondary N) is 1. The third-order valence-electron chi connectivity index (χ3n) is 13.7. The maximum absolute atomic E-state index is 15.1. The number of amides is 2. The third-order valence-corrected chi connectivity index (χ3v) is 15.4. The molecule has 2 amide bonds. The van der Waals surface area contributed by atoms with Crippen LogP contribution < -0.4 is 9.46 Å². The molecule has 1 unspecified atom stereocenters. The first-order valence-corrected chi connectivity index (χ1v) is 19.8. The fourth-order valence-electron chi connectivity index (χ4n) is 11.0. The largest absolute Gasteiger partial charge is 0.497 e. The molecule has 3 saturated carbocycles. The number of aromatic nitrogens is 1. The Morgan fingerprint density at radius 3 is 2.31 bits per heavy atom. The molecule has 1 N–H and O–H groups in total. The number of likely N-dealkylation sites (tertiary alicyclic amines) is 2. The number of nitrogens with zero attached hydrogens (tertiary/aromatic N) is 3. The minimum Gasteiger partial charge on any atom is -0.497 e. The van der Waals surface area contributed by atoms with E-state index in [1.54, 1.807) is 27.0 Å². The lowest BCUT2D eigenvalue weighted by atomic mass is 9.53. The molecule has 0 radical (unpaired) electrons. The highest BCUT2D eigenvalue weighted by atomic mass is 32.2. The normalized spacial score (nSPS) is 30.6. The predicted molar refractivity (Wildman–Crippen MR) is 189 cm³/mol. The molecule has 9 nitrogen and oxygen atoms in total. The minimum absolute atomic E-state index is 0.0812. The third kappa shape index (κ3) is 4.41. The van der Waals surface area contributed by atoms with Crippen LogP contribution in [-0.2, 0) is 21.4 Å². The first-order chi connectivity index (χ1) is 23.4. The highest BCUT2D eigenvalue weighted by molar-refractivity contribution is 7.90. The molecule has 2 aromatic carbocycles. The Kier molecular flexibility index (Phi) is 6.82. The van der Waals surface area contributed by atoms with Crippen LogP contribution in [0.5, 0.6) is 5.75 Å². The van der Waals surface area contributed by atoms with Crippen LogP contribution in [0.3, 0.4) is 0 Å². The van der Waals surface area contributed by atoms with Crippen molar-refractivity contribution in [3.8, 4) is 17.0 Å². The molecule has 4 atom stereocenters. The van der Waals surface area contributed by atoms with Crippen molar-refractivity contribution < 1.29 is 22.7 Å². The van der Waals surface area contributed by atoms with Crippen molar-refractivity contribution >= 4 is 32.7 Å². The van der Waals surface area contributed by atoms with Crippen LogP contribution in [-0.4, -0.2) is 80.2 Å². The number of carbonyl (C=O) groups excluding carboxylic acids is 2. The van der Waals surface area contributed by atoms with Gasteiger partial charge in [0, 0.05) is 71.5 Å². The van der Waals surface area contributed by atoms with Crippen LogP contribution in [0.15, 0.2) is 36.4 Å². The Hall–Kier alpha value is -3.37. The number of fused-ring (bicyclic) bond motifs is 7. The Labute approximate surface area is 289 Å². The van der Waals surface area contributed by atoms with Crippen LogP contribution in [0.4, 0.5) is 0 Å². The van der Waals surface area contributed by atoms with E-state index in [0.29, 0.717) is 18.0 Å². The Balaban J connectivity index is 1.20. The summed E-state index contributed by atoms with van der Waals surface area (Å²) in [7, 11) is 0.126. The van der Waals surface area contributed by atoms with E-state index in [2.05, 4.69) is 38.3 Å². The highest BCUT2D eigenvalue weighted by Crippen LogP contribution is 2.69. The average Bonchev–Trinajstić information content (AvgIpc) is 3.64. The molecule has 0 bridgehead atoms. The molecule has 1 aromatic heterocycles. The SMILES string of the molecule is COc1ccc2c(c1)[C@@H]1C[C@]1(C(=O)N1CC34CC[C@@]3(CN(C)C4)C1)Cn1c-2c(C2CCCCC2)c2ccc(C(=O)NS(=O)(=O)C(C)C)cc21. The predicted octanol–water partition coefficient (Wildman–Crippen LogP) is 5.87. The molecule has 10 heteroatoms. The Bertz CT molecular complexity index is 2010.